The van der Waals surface area contributed by atoms with Gasteiger partial charge in [0, 0.05) is 13.1 Å². The van der Waals surface area contributed by atoms with Gasteiger partial charge < -0.3 is 10.2 Å². The fourth-order valence-electron chi connectivity index (χ4n) is 3.38. The van der Waals surface area contributed by atoms with Crippen LogP contribution in [-0.4, -0.2) is 50.5 Å². The summed E-state index contributed by atoms with van der Waals surface area (Å²) in [6.07, 6.45) is 4.71. The van der Waals surface area contributed by atoms with Crippen LogP contribution in [0.4, 0.5) is 5.82 Å². The third kappa shape index (κ3) is 4.10. The number of nitrogens with one attached hydrogen (secondary N) is 1. The lowest BCUT2D eigenvalue weighted by atomic mass is 10.1. The molecule has 0 aromatic carbocycles. The van der Waals surface area contributed by atoms with Crippen molar-refractivity contribution in [2.45, 2.75) is 39.2 Å². The molecule has 25 heavy (non-hydrogen) atoms. The van der Waals surface area contributed by atoms with Crippen molar-refractivity contribution in [3.63, 3.8) is 0 Å². The van der Waals surface area contributed by atoms with Crippen molar-refractivity contribution in [3.05, 3.63) is 29.7 Å². The van der Waals surface area contributed by atoms with Crippen molar-refractivity contribution in [2.24, 2.45) is 13.0 Å². The molecule has 2 aromatic heterocycles. The minimum absolute atomic E-state index is 0.139. The van der Waals surface area contributed by atoms with E-state index in [0.29, 0.717) is 17.7 Å². The molecule has 1 amide bonds. The number of anilines is 1. The van der Waals surface area contributed by atoms with Crippen LogP contribution in [0.2, 0.25) is 0 Å². The monoisotopic (exact) mass is 344 g/mol. The predicted molar refractivity (Wildman–Crippen MR) is 97.7 cm³/mol. The summed E-state index contributed by atoms with van der Waals surface area (Å²) in [6.45, 7) is 6.40. The Hall–Kier alpha value is -2.15. The first-order chi connectivity index (χ1) is 11.9. The van der Waals surface area contributed by atoms with Crippen LogP contribution in [0.25, 0.3) is 0 Å². The Morgan fingerprint density at radius 2 is 2.04 bits per heavy atom. The third-order valence-corrected chi connectivity index (χ3v) is 4.73. The van der Waals surface area contributed by atoms with Crippen molar-refractivity contribution in [1.82, 2.24) is 24.5 Å². The Bertz CT molecular complexity index is 724. The number of carbonyl (C=O) groups is 1. The van der Waals surface area contributed by atoms with Crippen LogP contribution in [0, 0.1) is 5.92 Å². The Labute approximate surface area is 149 Å². The molecule has 1 N–H and O–H groups in total. The molecule has 0 aliphatic carbocycles. The summed E-state index contributed by atoms with van der Waals surface area (Å²) in [6, 6.07) is 4.08. The van der Waals surface area contributed by atoms with E-state index in [1.54, 1.807) is 10.9 Å². The van der Waals surface area contributed by atoms with E-state index in [-0.39, 0.29) is 5.91 Å². The minimum atomic E-state index is -0.139. The van der Waals surface area contributed by atoms with Gasteiger partial charge in [0.25, 0.3) is 5.91 Å². The van der Waals surface area contributed by atoms with Gasteiger partial charge in [0.1, 0.15) is 11.5 Å². The number of piperidine rings is 1. The van der Waals surface area contributed by atoms with Gasteiger partial charge in [-0.15, -0.1) is 0 Å². The summed E-state index contributed by atoms with van der Waals surface area (Å²) in [5.74, 6) is 1.13. The fraction of sp³-hybridized carbons (Fsp3) is 0.611. The summed E-state index contributed by atoms with van der Waals surface area (Å²) in [5.41, 5.74) is 1.53. The molecule has 0 saturated carbocycles. The van der Waals surface area contributed by atoms with Gasteiger partial charge in [-0.1, -0.05) is 13.8 Å². The van der Waals surface area contributed by atoms with Crippen molar-refractivity contribution in [3.8, 4) is 0 Å². The van der Waals surface area contributed by atoms with Gasteiger partial charge in [0.15, 0.2) is 0 Å². The van der Waals surface area contributed by atoms with Gasteiger partial charge >= 0.3 is 0 Å². The van der Waals surface area contributed by atoms with Crippen molar-refractivity contribution in [2.75, 3.05) is 25.5 Å². The van der Waals surface area contributed by atoms with Crippen molar-refractivity contribution in [1.29, 1.82) is 0 Å². The lowest BCUT2D eigenvalue weighted by molar-refractivity contribution is 0.101. The van der Waals surface area contributed by atoms with E-state index in [1.807, 2.05) is 23.9 Å². The standard InChI is InChI=1S/C18H28N6O/c1-13(2)11-14-12-16(23(4)21-14)18(25)20-17-5-8-19-24(17)15-6-9-22(3)10-7-15/h5,8,12-13,15H,6-7,9-11H2,1-4H3,(H,20,25). The lowest BCUT2D eigenvalue weighted by Gasteiger charge is -2.29. The number of hydrogen-bond acceptors (Lipinski definition) is 4. The van der Waals surface area contributed by atoms with Crippen LogP contribution < -0.4 is 5.32 Å². The third-order valence-electron chi connectivity index (χ3n) is 4.73. The number of nitrogens with zero attached hydrogens (tertiary/aromatic N) is 5. The van der Waals surface area contributed by atoms with Crippen LogP contribution in [0.5, 0.6) is 0 Å². The van der Waals surface area contributed by atoms with E-state index in [1.165, 1.54) is 0 Å². The molecular weight excluding hydrogens is 316 g/mol. The number of rotatable bonds is 5. The Balaban J connectivity index is 1.72. The first-order valence-corrected chi connectivity index (χ1v) is 9.00. The van der Waals surface area contributed by atoms with Crippen molar-refractivity contribution < 1.29 is 4.79 Å². The highest BCUT2D eigenvalue weighted by atomic mass is 16.2. The Kier molecular flexibility index (Phi) is 5.22. The molecule has 0 atom stereocenters. The van der Waals surface area contributed by atoms with Gasteiger partial charge in [-0.3, -0.25) is 9.48 Å². The average Bonchev–Trinajstić information content (AvgIpc) is 3.14. The quantitative estimate of drug-likeness (QED) is 0.904. The second-order valence-corrected chi connectivity index (χ2v) is 7.39. The fourth-order valence-corrected chi connectivity index (χ4v) is 3.38. The molecule has 1 aliphatic rings. The minimum Gasteiger partial charge on any atom is -0.306 e. The topological polar surface area (TPSA) is 68.0 Å². The predicted octanol–water partition coefficient (Wildman–Crippen LogP) is 2.33. The van der Waals surface area contributed by atoms with Crippen LogP contribution in [0.15, 0.2) is 18.3 Å². The van der Waals surface area contributed by atoms with E-state index >= 15 is 0 Å². The average molecular weight is 344 g/mol. The molecular formula is C18H28N6O. The molecule has 1 saturated heterocycles. The highest BCUT2D eigenvalue weighted by Crippen LogP contribution is 2.25. The molecule has 2 aromatic rings. The molecule has 0 spiro atoms. The maximum atomic E-state index is 12.7. The maximum absolute atomic E-state index is 12.7. The molecule has 3 rings (SSSR count). The van der Waals surface area contributed by atoms with E-state index < -0.39 is 0 Å². The number of aromatic nitrogens is 4. The van der Waals surface area contributed by atoms with E-state index in [4.69, 9.17) is 0 Å². The zero-order chi connectivity index (χ0) is 18.0. The second-order valence-electron chi connectivity index (χ2n) is 7.39. The summed E-state index contributed by atoms with van der Waals surface area (Å²) in [4.78, 5) is 15.0. The lowest BCUT2D eigenvalue weighted by Crippen LogP contribution is -2.32. The largest absolute Gasteiger partial charge is 0.306 e. The zero-order valence-electron chi connectivity index (χ0n) is 15.6. The number of carbonyl (C=O) groups excluding carboxylic acids is 1. The first kappa shape index (κ1) is 17.7. The summed E-state index contributed by atoms with van der Waals surface area (Å²) in [7, 11) is 3.95. The van der Waals surface area contributed by atoms with E-state index in [2.05, 4.69) is 41.3 Å². The number of likely N-dealkylation sites (tertiary alicyclic amines) is 1. The Morgan fingerprint density at radius 3 is 2.72 bits per heavy atom. The van der Waals surface area contributed by atoms with Gasteiger partial charge in [0.05, 0.1) is 17.9 Å². The highest BCUT2D eigenvalue weighted by molar-refractivity contribution is 6.02. The number of hydrogen-bond donors (Lipinski definition) is 1. The second kappa shape index (κ2) is 7.39. The van der Waals surface area contributed by atoms with Gasteiger partial charge in [-0.05, 0) is 51.4 Å². The SMILES string of the molecule is CC(C)Cc1cc(C(=O)Nc2ccnn2C2CCN(C)CC2)n(C)n1. The molecule has 1 fully saturated rings. The highest BCUT2D eigenvalue weighted by Gasteiger charge is 2.22. The van der Waals surface area contributed by atoms with Crippen LogP contribution in [0.3, 0.4) is 0 Å². The van der Waals surface area contributed by atoms with Gasteiger partial charge in [-0.2, -0.15) is 10.2 Å². The van der Waals surface area contributed by atoms with E-state index in [9.17, 15) is 4.79 Å². The first-order valence-electron chi connectivity index (χ1n) is 9.00. The smallest absolute Gasteiger partial charge is 0.275 e. The van der Waals surface area contributed by atoms with Gasteiger partial charge in [-0.25, -0.2) is 4.68 Å². The normalized spacial score (nSPS) is 16.5. The Morgan fingerprint density at radius 1 is 1.32 bits per heavy atom. The molecule has 7 heteroatoms. The molecule has 136 valence electrons. The van der Waals surface area contributed by atoms with Crippen LogP contribution >= 0.6 is 0 Å². The summed E-state index contributed by atoms with van der Waals surface area (Å²) < 4.78 is 3.61. The molecule has 7 nitrogen and oxygen atoms in total. The van der Waals surface area contributed by atoms with Crippen LogP contribution in [-0.2, 0) is 13.5 Å². The molecule has 0 radical (unpaired) electrons. The van der Waals surface area contributed by atoms with E-state index in [0.717, 1.165) is 43.9 Å². The molecule has 0 bridgehead atoms. The summed E-state index contributed by atoms with van der Waals surface area (Å²) in [5, 5.41) is 11.9. The van der Waals surface area contributed by atoms with Crippen LogP contribution in [0.1, 0.15) is 48.9 Å². The number of aryl methyl sites for hydroxylation is 1. The van der Waals surface area contributed by atoms with Gasteiger partial charge in [0.2, 0.25) is 0 Å². The molecule has 3 heterocycles. The summed E-state index contributed by atoms with van der Waals surface area (Å²) >= 11 is 0. The number of amides is 1. The maximum Gasteiger partial charge on any atom is 0.275 e. The zero-order valence-corrected chi connectivity index (χ0v) is 15.6. The molecule has 0 unspecified atom stereocenters. The van der Waals surface area contributed by atoms with Crippen molar-refractivity contribution >= 4 is 11.7 Å². The molecule has 1 aliphatic heterocycles.